The quantitative estimate of drug-likeness (QED) is 0.314. The molecular weight excluding hydrogens is 536 g/mol. The Balaban J connectivity index is 1.72. The maximum absolute atomic E-state index is 13.5. The van der Waals surface area contributed by atoms with E-state index in [1.165, 1.54) is 12.1 Å². The molecule has 3 aromatic carbocycles. The first-order valence-electron chi connectivity index (χ1n) is 13.4. The van der Waals surface area contributed by atoms with Crippen LogP contribution in [0.25, 0.3) is 11.3 Å². The van der Waals surface area contributed by atoms with Crippen molar-refractivity contribution < 1.29 is 17.9 Å². The molecule has 0 unspecified atom stereocenters. The van der Waals surface area contributed by atoms with Crippen LogP contribution in [0, 0.1) is 13.8 Å². The predicted molar refractivity (Wildman–Crippen MR) is 160 cm³/mol. The van der Waals surface area contributed by atoms with E-state index in [1.54, 1.807) is 30.1 Å². The van der Waals surface area contributed by atoms with Crippen molar-refractivity contribution in [2.45, 2.75) is 51.0 Å². The van der Waals surface area contributed by atoms with Crippen LogP contribution < -0.4 is 9.46 Å². The van der Waals surface area contributed by atoms with Crippen LogP contribution in [-0.4, -0.2) is 42.8 Å². The fourth-order valence-electron chi connectivity index (χ4n) is 4.97. The van der Waals surface area contributed by atoms with Gasteiger partial charge in [0.05, 0.1) is 17.1 Å². The summed E-state index contributed by atoms with van der Waals surface area (Å²) in [5, 5.41) is 0. The first kappa shape index (κ1) is 28.3. The maximum atomic E-state index is 13.5. The fourth-order valence-corrected chi connectivity index (χ4v) is 5.96. The fraction of sp³-hybridized carbons (Fsp3) is 0.281. The highest BCUT2D eigenvalue weighted by Crippen LogP contribution is 2.33. The number of carbonyl (C=O) groups is 1. The van der Waals surface area contributed by atoms with E-state index in [9.17, 15) is 13.2 Å². The molecule has 0 saturated heterocycles. The molecule has 1 atom stereocenters. The van der Waals surface area contributed by atoms with Gasteiger partial charge in [-0.3, -0.25) is 4.79 Å². The highest BCUT2D eigenvalue weighted by Gasteiger charge is 2.26. The Morgan fingerprint density at radius 3 is 2.32 bits per heavy atom. The Morgan fingerprint density at radius 1 is 0.927 bits per heavy atom. The van der Waals surface area contributed by atoms with Gasteiger partial charge in [-0.05, 0) is 59.7 Å². The number of anilines is 1. The van der Waals surface area contributed by atoms with Crippen LogP contribution in [0.15, 0.2) is 77.7 Å². The molecule has 8 nitrogen and oxygen atoms in total. The summed E-state index contributed by atoms with van der Waals surface area (Å²) in [6.07, 6.45) is -0.597. The molecule has 0 saturated carbocycles. The molecule has 41 heavy (non-hydrogen) atoms. The standard InChI is InChI=1S/C32H34N4O4S/c1-20-10-7-11-21(2)29(20)26-18-28-34-31(33-26)35-41(38,39)25-15-9-13-23(17-25)30(37)36(6)19-27(40-28)22-12-8-14-24(16-22)32(3,4)5/h7-18,27H,19H2,1-6H3,(H,33,34,35)/t27-/m1/s1. The van der Waals surface area contributed by atoms with Gasteiger partial charge in [0, 0.05) is 24.2 Å². The van der Waals surface area contributed by atoms with E-state index in [2.05, 4.69) is 47.6 Å². The molecule has 212 valence electrons. The van der Waals surface area contributed by atoms with Gasteiger partial charge in [-0.15, -0.1) is 0 Å². The lowest BCUT2D eigenvalue weighted by Crippen LogP contribution is -2.33. The van der Waals surface area contributed by atoms with Crippen molar-refractivity contribution in [2.24, 2.45) is 0 Å². The molecule has 1 aliphatic heterocycles. The second-order valence-corrected chi connectivity index (χ2v) is 13.2. The molecule has 1 N–H and O–H groups in total. The number of sulfonamides is 1. The van der Waals surface area contributed by atoms with Crippen molar-refractivity contribution in [1.82, 2.24) is 14.9 Å². The van der Waals surface area contributed by atoms with Crippen molar-refractivity contribution in [1.29, 1.82) is 0 Å². The third-order valence-corrected chi connectivity index (χ3v) is 8.56. The van der Waals surface area contributed by atoms with Gasteiger partial charge < -0.3 is 9.64 Å². The molecule has 4 aromatic rings. The van der Waals surface area contributed by atoms with E-state index in [0.29, 0.717) is 5.69 Å². The van der Waals surface area contributed by atoms with Crippen LogP contribution in [0.3, 0.4) is 0 Å². The number of ether oxygens (including phenoxy) is 1. The smallest absolute Gasteiger partial charge is 0.264 e. The lowest BCUT2D eigenvalue weighted by atomic mass is 9.85. The van der Waals surface area contributed by atoms with Crippen LogP contribution in [0.1, 0.15) is 59.5 Å². The van der Waals surface area contributed by atoms with Crippen molar-refractivity contribution >= 4 is 21.9 Å². The molecule has 0 radical (unpaired) electrons. The first-order valence-corrected chi connectivity index (χ1v) is 14.9. The van der Waals surface area contributed by atoms with Crippen LogP contribution >= 0.6 is 0 Å². The molecule has 0 fully saturated rings. The van der Waals surface area contributed by atoms with Gasteiger partial charge in [-0.25, -0.2) is 18.1 Å². The Bertz CT molecular complexity index is 1720. The number of fused-ring (bicyclic) bond motifs is 4. The highest BCUT2D eigenvalue weighted by molar-refractivity contribution is 7.92. The van der Waals surface area contributed by atoms with Gasteiger partial charge in [0.15, 0.2) is 0 Å². The Kier molecular flexibility index (Phi) is 7.33. The number of benzene rings is 3. The molecule has 1 amide bonds. The van der Waals surface area contributed by atoms with Gasteiger partial charge in [-0.1, -0.05) is 69.3 Å². The number of hydrogen-bond acceptors (Lipinski definition) is 6. The number of aryl methyl sites for hydroxylation is 2. The number of aromatic nitrogens is 2. The van der Waals surface area contributed by atoms with E-state index in [1.807, 2.05) is 44.2 Å². The third-order valence-electron chi connectivity index (χ3n) is 7.23. The Hall–Kier alpha value is -4.24. The predicted octanol–water partition coefficient (Wildman–Crippen LogP) is 6.06. The number of hydrogen-bond donors (Lipinski definition) is 1. The number of carbonyl (C=O) groups excluding carboxylic acids is 1. The van der Waals surface area contributed by atoms with Gasteiger partial charge in [0.25, 0.3) is 15.9 Å². The van der Waals surface area contributed by atoms with Crippen molar-refractivity contribution in [3.8, 4) is 17.1 Å². The average molecular weight is 571 g/mol. The second kappa shape index (κ2) is 10.6. The summed E-state index contributed by atoms with van der Waals surface area (Å²) < 4.78 is 35.8. The normalized spacial score (nSPS) is 17.0. The molecule has 4 bridgehead atoms. The van der Waals surface area contributed by atoms with E-state index < -0.39 is 16.1 Å². The minimum Gasteiger partial charge on any atom is -0.467 e. The molecule has 9 heteroatoms. The Labute approximate surface area is 241 Å². The topological polar surface area (TPSA) is 101 Å². The second-order valence-electron chi connectivity index (χ2n) is 11.5. The lowest BCUT2D eigenvalue weighted by molar-refractivity contribution is 0.0706. The first-order chi connectivity index (χ1) is 19.3. The number of rotatable bonds is 2. The molecule has 5 rings (SSSR count). The molecule has 2 heterocycles. The van der Waals surface area contributed by atoms with Gasteiger partial charge in [0.1, 0.15) is 6.10 Å². The summed E-state index contributed by atoms with van der Waals surface area (Å²) in [5.41, 5.74) is 5.50. The molecule has 1 aliphatic rings. The van der Waals surface area contributed by atoms with Gasteiger partial charge in [0.2, 0.25) is 11.8 Å². The molecule has 0 spiro atoms. The lowest BCUT2D eigenvalue weighted by Gasteiger charge is -2.27. The summed E-state index contributed by atoms with van der Waals surface area (Å²) in [5.74, 6) is -0.254. The number of nitrogens with zero attached hydrogens (tertiary/aromatic N) is 3. The van der Waals surface area contributed by atoms with Crippen molar-refractivity contribution in [3.05, 3.63) is 101 Å². The summed E-state index contributed by atoms with van der Waals surface area (Å²) >= 11 is 0. The van der Waals surface area contributed by atoms with Gasteiger partial charge >= 0.3 is 0 Å². The van der Waals surface area contributed by atoms with Gasteiger partial charge in [-0.2, -0.15) is 4.98 Å². The zero-order chi connectivity index (χ0) is 29.5. The monoisotopic (exact) mass is 570 g/mol. The zero-order valence-corrected chi connectivity index (χ0v) is 24.9. The number of likely N-dealkylation sites (N-methyl/N-ethyl adjacent to an activating group) is 1. The minimum atomic E-state index is -4.11. The SMILES string of the molecule is Cc1cccc(C)c1-c1cc2nc(n1)NS(=O)(=O)c1cccc(c1)C(=O)N(C)C[C@H](c1cccc(C(C)(C)C)c1)O2. The summed E-state index contributed by atoms with van der Waals surface area (Å²) in [4.78, 5) is 24.0. The third kappa shape index (κ3) is 5.95. The van der Waals surface area contributed by atoms with Crippen LogP contribution in [0.2, 0.25) is 0 Å². The maximum Gasteiger partial charge on any atom is 0.264 e. The highest BCUT2D eigenvalue weighted by atomic mass is 32.2. The summed E-state index contributed by atoms with van der Waals surface area (Å²) in [7, 11) is -2.43. The van der Waals surface area contributed by atoms with E-state index >= 15 is 0 Å². The zero-order valence-electron chi connectivity index (χ0n) is 24.1. The van der Waals surface area contributed by atoms with Crippen LogP contribution in [0.5, 0.6) is 5.88 Å². The summed E-state index contributed by atoms with van der Waals surface area (Å²) in [6.45, 7) is 10.6. The molecular formula is C32H34N4O4S. The van der Waals surface area contributed by atoms with E-state index in [4.69, 9.17) is 4.74 Å². The molecule has 0 aliphatic carbocycles. The Morgan fingerprint density at radius 2 is 1.61 bits per heavy atom. The van der Waals surface area contributed by atoms with Crippen LogP contribution in [-0.2, 0) is 15.4 Å². The minimum absolute atomic E-state index is 0.0611. The molecule has 1 aromatic heterocycles. The number of nitrogens with one attached hydrogen (secondary N) is 1. The van der Waals surface area contributed by atoms with E-state index in [0.717, 1.165) is 27.8 Å². The average Bonchev–Trinajstić information content (AvgIpc) is 2.91. The largest absolute Gasteiger partial charge is 0.467 e. The van der Waals surface area contributed by atoms with Crippen molar-refractivity contribution in [3.63, 3.8) is 0 Å². The summed E-state index contributed by atoms with van der Waals surface area (Å²) in [6, 6.07) is 21.7. The van der Waals surface area contributed by atoms with Crippen molar-refractivity contribution in [2.75, 3.05) is 18.3 Å². The van der Waals surface area contributed by atoms with Crippen LogP contribution in [0.4, 0.5) is 5.95 Å². The van der Waals surface area contributed by atoms with E-state index in [-0.39, 0.29) is 40.2 Å². The number of amides is 1.